The van der Waals surface area contributed by atoms with Crippen molar-refractivity contribution in [2.75, 3.05) is 19.5 Å². The van der Waals surface area contributed by atoms with Gasteiger partial charge in [0.2, 0.25) is 5.88 Å². The van der Waals surface area contributed by atoms with Gasteiger partial charge in [-0.25, -0.2) is 9.97 Å². The molecule has 0 aliphatic heterocycles. The lowest BCUT2D eigenvalue weighted by atomic mass is 10.3. The van der Waals surface area contributed by atoms with E-state index in [-0.39, 0.29) is 5.91 Å². The minimum Gasteiger partial charge on any atom is -0.495 e. The maximum absolute atomic E-state index is 12.4. The van der Waals surface area contributed by atoms with Crippen molar-refractivity contribution in [2.45, 2.75) is 0 Å². The van der Waals surface area contributed by atoms with Gasteiger partial charge in [-0.3, -0.25) is 14.2 Å². The van der Waals surface area contributed by atoms with Crippen LogP contribution >= 0.6 is 11.3 Å². The van der Waals surface area contributed by atoms with Gasteiger partial charge in [-0.2, -0.15) is 0 Å². The Morgan fingerprint density at radius 3 is 2.88 bits per heavy atom. The molecule has 0 saturated heterocycles. The predicted octanol–water partition coefficient (Wildman–Crippen LogP) is 2.61. The highest BCUT2D eigenvalue weighted by Crippen LogP contribution is 2.27. The van der Waals surface area contributed by atoms with E-state index in [0.717, 1.165) is 10.3 Å². The second-order valence-electron chi connectivity index (χ2n) is 5.13. The van der Waals surface area contributed by atoms with Gasteiger partial charge in [-0.05, 0) is 6.07 Å². The largest absolute Gasteiger partial charge is 0.495 e. The predicted molar refractivity (Wildman–Crippen MR) is 93.7 cm³/mol. The second kappa shape index (κ2) is 6.02. The number of hydrogen-bond acceptors (Lipinski definition) is 7. The van der Waals surface area contributed by atoms with E-state index < -0.39 is 0 Å². The Morgan fingerprint density at radius 1 is 1.20 bits per heavy atom. The fraction of sp³-hybridized carbons (Fsp3) is 0.125. The number of nitrogens with one attached hydrogen (secondary N) is 1. The molecule has 0 saturated carbocycles. The average molecular weight is 355 g/mol. The van der Waals surface area contributed by atoms with Crippen molar-refractivity contribution < 1.29 is 14.3 Å². The first kappa shape index (κ1) is 15.3. The Morgan fingerprint density at radius 2 is 2.08 bits per heavy atom. The maximum Gasteiger partial charge on any atom is 0.275 e. The molecular formula is C16H13N5O3S. The van der Waals surface area contributed by atoms with E-state index in [9.17, 15) is 4.79 Å². The van der Waals surface area contributed by atoms with Gasteiger partial charge in [0.1, 0.15) is 16.3 Å². The zero-order valence-electron chi connectivity index (χ0n) is 13.4. The molecular weight excluding hydrogens is 342 g/mol. The second-order valence-corrected chi connectivity index (χ2v) is 6.08. The zero-order valence-corrected chi connectivity index (χ0v) is 14.2. The number of ether oxygens (including phenoxy) is 2. The SMILES string of the molecule is COc1cncc(NC(=O)c2cn3c(n2)sc2nc(OC)ccc23)c1. The number of carbonyl (C=O) groups is 1. The summed E-state index contributed by atoms with van der Waals surface area (Å²) in [5.74, 6) is 0.788. The molecule has 1 N–H and O–H groups in total. The van der Waals surface area contributed by atoms with Crippen LogP contribution in [0.15, 0.2) is 36.8 Å². The molecule has 0 aliphatic carbocycles. The van der Waals surface area contributed by atoms with E-state index >= 15 is 0 Å². The molecule has 4 aromatic heterocycles. The van der Waals surface area contributed by atoms with Gasteiger partial charge in [-0.15, -0.1) is 0 Å². The number of nitrogens with zero attached hydrogens (tertiary/aromatic N) is 4. The van der Waals surface area contributed by atoms with Gasteiger partial charge in [-0.1, -0.05) is 11.3 Å². The van der Waals surface area contributed by atoms with Crippen LogP contribution < -0.4 is 14.8 Å². The van der Waals surface area contributed by atoms with Crippen LogP contribution in [0.1, 0.15) is 10.5 Å². The van der Waals surface area contributed by atoms with Crippen LogP contribution in [0, 0.1) is 0 Å². The molecule has 0 spiro atoms. The van der Waals surface area contributed by atoms with Gasteiger partial charge in [0.05, 0.1) is 37.8 Å². The topological polar surface area (TPSA) is 90.6 Å². The van der Waals surface area contributed by atoms with Crippen LogP contribution in [0.4, 0.5) is 5.69 Å². The third-order valence-electron chi connectivity index (χ3n) is 3.58. The maximum atomic E-state index is 12.4. The first-order valence-corrected chi connectivity index (χ1v) is 8.12. The monoisotopic (exact) mass is 355 g/mol. The summed E-state index contributed by atoms with van der Waals surface area (Å²) in [4.78, 5) is 26.7. The fourth-order valence-corrected chi connectivity index (χ4v) is 3.36. The average Bonchev–Trinajstić information content (AvgIpc) is 3.19. The van der Waals surface area contributed by atoms with E-state index in [2.05, 4.69) is 20.3 Å². The minimum absolute atomic E-state index is 0.312. The number of thiazole rings is 1. The van der Waals surface area contributed by atoms with Crippen molar-refractivity contribution >= 4 is 38.2 Å². The molecule has 0 fully saturated rings. The van der Waals surface area contributed by atoms with Crippen molar-refractivity contribution in [3.05, 3.63) is 42.5 Å². The molecule has 0 unspecified atom stereocenters. The molecule has 1 amide bonds. The number of aromatic nitrogens is 4. The Bertz CT molecular complexity index is 1090. The Hall–Kier alpha value is -3.20. The zero-order chi connectivity index (χ0) is 17.4. The standard InChI is InChI=1S/C16H13N5O3S/c1-23-10-5-9(6-17-7-10)18-14(22)11-8-21-12-3-4-13(24-2)20-15(12)25-16(21)19-11/h3-8H,1-2H3,(H,18,22). The molecule has 4 rings (SSSR count). The van der Waals surface area contributed by atoms with E-state index in [1.165, 1.54) is 11.3 Å². The number of hydrogen-bond donors (Lipinski definition) is 1. The van der Waals surface area contributed by atoms with Crippen LogP contribution in [0.5, 0.6) is 11.6 Å². The molecule has 126 valence electrons. The summed E-state index contributed by atoms with van der Waals surface area (Å²) in [5, 5.41) is 2.76. The van der Waals surface area contributed by atoms with E-state index in [0.29, 0.717) is 28.0 Å². The Labute approximate surface area is 146 Å². The smallest absolute Gasteiger partial charge is 0.275 e. The van der Waals surface area contributed by atoms with Crippen molar-refractivity contribution in [3.8, 4) is 11.6 Å². The number of pyridine rings is 2. The number of carbonyl (C=O) groups excluding carboxylic acids is 1. The van der Waals surface area contributed by atoms with Gasteiger partial charge in [0, 0.05) is 18.3 Å². The van der Waals surface area contributed by atoms with Gasteiger partial charge in [0.25, 0.3) is 5.91 Å². The van der Waals surface area contributed by atoms with Crippen molar-refractivity contribution in [1.29, 1.82) is 0 Å². The lowest BCUT2D eigenvalue weighted by Crippen LogP contribution is -2.12. The molecule has 0 aliphatic rings. The van der Waals surface area contributed by atoms with Crippen LogP contribution in [0.2, 0.25) is 0 Å². The number of rotatable bonds is 4. The summed E-state index contributed by atoms with van der Waals surface area (Å²) in [6, 6.07) is 5.35. The minimum atomic E-state index is -0.319. The van der Waals surface area contributed by atoms with E-state index in [4.69, 9.17) is 9.47 Å². The molecule has 0 radical (unpaired) electrons. The molecule has 4 aromatic rings. The first-order chi connectivity index (χ1) is 12.2. The van der Waals surface area contributed by atoms with Crippen LogP contribution in [0.25, 0.3) is 15.3 Å². The molecule has 0 bridgehead atoms. The molecule has 8 nitrogen and oxygen atoms in total. The highest BCUT2D eigenvalue weighted by Gasteiger charge is 2.15. The van der Waals surface area contributed by atoms with Gasteiger partial charge < -0.3 is 14.8 Å². The lowest BCUT2D eigenvalue weighted by molar-refractivity contribution is 0.102. The van der Waals surface area contributed by atoms with Crippen molar-refractivity contribution in [3.63, 3.8) is 0 Å². The molecule has 9 heteroatoms. The third-order valence-corrected chi connectivity index (χ3v) is 4.55. The summed E-state index contributed by atoms with van der Waals surface area (Å²) < 4.78 is 12.1. The molecule has 4 heterocycles. The Balaban J connectivity index is 1.65. The highest BCUT2D eigenvalue weighted by atomic mass is 32.1. The lowest BCUT2D eigenvalue weighted by Gasteiger charge is -2.04. The van der Waals surface area contributed by atoms with E-state index in [1.54, 1.807) is 44.9 Å². The van der Waals surface area contributed by atoms with E-state index in [1.807, 2.05) is 10.5 Å². The van der Waals surface area contributed by atoms with Gasteiger partial charge in [0.15, 0.2) is 4.96 Å². The Kier molecular flexibility index (Phi) is 3.69. The van der Waals surface area contributed by atoms with Crippen LogP contribution in [-0.4, -0.2) is 39.5 Å². The number of imidazole rings is 1. The summed E-state index contributed by atoms with van der Waals surface area (Å²) in [6.07, 6.45) is 4.80. The first-order valence-electron chi connectivity index (χ1n) is 7.31. The summed E-state index contributed by atoms with van der Waals surface area (Å²) >= 11 is 1.39. The third kappa shape index (κ3) is 2.74. The number of amides is 1. The van der Waals surface area contributed by atoms with Gasteiger partial charge >= 0.3 is 0 Å². The molecule has 0 aromatic carbocycles. The molecule has 25 heavy (non-hydrogen) atoms. The fourth-order valence-electron chi connectivity index (χ4n) is 2.39. The quantitative estimate of drug-likeness (QED) is 0.605. The van der Waals surface area contributed by atoms with Crippen LogP contribution in [0.3, 0.4) is 0 Å². The van der Waals surface area contributed by atoms with Crippen molar-refractivity contribution in [2.24, 2.45) is 0 Å². The summed E-state index contributed by atoms with van der Waals surface area (Å²) in [7, 11) is 3.11. The normalized spacial score (nSPS) is 11.0. The highest BCUT2D eigenvalue weighted by molar-refractivity contribution is 7.23. The number of anilines is 1. The van der Waals surface area contributed by atoms with Crippen LogP contribution in [-0.2, 0) is 0 Å². The van der Waals surface area contributed by atoms with Crippen molar-refractivity contribution in [1.82, 2.24) is 19.4 Å². The summed E-state index contributed by atoms with van der Waals surface area (Å²) in [6.45, 7) is 0. The molecule has 0 atom stereocenters. The number of methoxy groups -OCH3 is 2. The summed E-state index contributed by atoms with van der Waals surface area (Å²) in [5.41, 5.74) is 1.72. The number of fused-ring (bicyclic) bond motifs is 3.